The lowest BCUT2D eigenvalue weighted by Crippen LogP contribution is -2.29. The normalized spacial score (nSPS) is 10.5. The van der Waals surface area contributed by atoms with Crippen molar-refractivity contribution in [1.29, 1.82) is 0 Å². The van der Waals surface area contributed by atoms with Gasteiger partial charge in [-0.05, 0) is 18.6 Å². The summed E-state index contributed by atoms with van der Waals surface area (Å²) >= 11 is 0. The molecule has 0 unspecified atom stereocenters. The Balaban J connectivity index is 2.86. The minimum absolute atomic E-state index is 0.0308. The van der Waals surface area contributed by atoms with Crippen LogP contribution in [0.4, 0.5) is 5.69 Å². The molecule has 0 amide bonds. The van der Waals surface area contributed by atoms with E-state index in [0.29, 0.717) is 5.39 Å². The van der Waals surface area contributed by atoms with Crippen LogP contribution in [0.2, 0.25) is 0 Å². The van der Waals surface area contributed by atoms with Crippen molar-refractivity contribution in [3.05, 3.63) is 49.9 Å². The molecule has 0 fully saturated rings. The lowest BCUT2D eigenvalue weighted by atomic mass is 10.1. The Bertz CT molecular complexity index is 730. The molecular weight excluding hydrogens is 242 g/mol. The van der Waals surface area contributed by atoms with Gasteiger partial charge in [-0.25, -0.2) is 4.79 Å². The number of nitrogens with zero attached hydrogens (tertiary/aromatic N) is 1. The number of aryl methyl sites for hydroxylation is 1. The maximum Gasteiger partial charge on any atom is 0.345 e. The van der Waals surface area contributed by atoms with Gasteiger partial charge in [-0.3, -0.25) is 10.1 Å². The third-order valence-corrected chi connectivity index (χ3v) is 2.57. The molecule has 0 aliphatic carbocycles. The monoisotopic (exact) mass is 248 g/mol. The van der Waals surface area contributed by atoms with Gasteiger partial charge in [-0.2, -0.15) is 0 Å². The predicted molar refractivity (Wildman–Crippen MR) is 58.2 cm³/mol. The molecule has 0 atom stereocenters. The summed E-state index contributed by atoms with van der Waals surface area (Å²) in [4.78, 5) is 32.1. The summed E-state index contributed by atoms with van der Waals surface area (Å²) < 4.78 is 4.74. The van der Waals surface area contributed by atoms with Crippen LogP contribution in [0.5, 0.6) is 0 Å². The molecule has 2 aromatic rings. The highest BCUT2D eigenvalue weighted by atomic mass is 16.6. The van der Waals surface area contributed by atoms with Crippen molar-refractivity contribution in [3.63, 3.8) is 0 Å². The Morgan fingerprint density at radius 3 is 2.61 bits per heavy atom. The Morgan fingerprint density at radius 1 is 1.39 bits per heavy atom. The Labute approximate surface area is 99.4 Å². The number of fused-ring (bicyclic) bond motifs is 1. The van der Waals surface area contributed by atoms with Gasteiger partial charge >= 0.3 is 5.63 Å². The first-order chi connectivity index (χ1) is 8.41. The van der Waals surface area contributed by atoms with Gasteiger partial charge in [0.15, 0.2) is 0 Å². The van der Waals surface area contributed by atoms with Gasteiger partial charge in [0.2, 0.25) is 0 Å². The third kappa shape index (κ3) is 1.71. The van der Waals surface area contributed by atoms with Crippen LogP contribution in [0.25, 0.3) is 11.0 Å². The minimum Gasteiger partial charge on any atom is -0.545 e. The summed E-state index contributed by atoms with van der Waals surface area (Å²) in [5.41, 5.74) is -1.77. The van der Waals surface area contributed by atoms with Crippen LogP contribution in [0.3, 0.4) is 0 Å². The van der Waals surface area contributed by atoms with E-state index in [1.165, 1.54) is 19.1 Å². The lowest BCUT2D eigenvalue weighted by molar-refractivity contribution is -0.384. The number of rotatable bonds is 2. The predicted octanol–water partition coefficient (Wildman–Crippen LogP) is 0.373. The Hall–Kier alpha value is -2.70. The molecule has 0 radical (unpaired) electrons. The van der Waals surface area contributed by atoms with Gasteiger partial charge < -0.3 is 14.3 Å². The van der Waals surface area contributed by atoms with E-state index in [1.54, 1.807) is 0 Å². The molecule has 1 aromatic heterocycles. The van der Waals surface area contributed by atoms with E-state index >= 15 is 0 Å². The van der Waals surface area contributed by atoms with Crippen LogP contribution >= 0.6 is 0 Å². The van der Waals surface area contributed by atoms with Gasteiger partial charge in [-0.15, -0.1) is 0 Å². The van der Waals surface area contributed by atoms with E-state index in [9.17, 15) is 24.8 Å². The summed E-state index contributed by atoms with van der Waals surface area (Å²) in [6.07, 6.45) is 0. The fourth-order valence-corrected chi connectivity index (χ4v) is 1.69. The first-order valence-corrected chi connectivity index (χ1v) is 4.85. The van der Waals surface area contributed by atoms with Crippen molar-refractivity contribution in [1.82, 2.24) is 0 Å². The molecule has 0 saturated heterocycles. The first kappa shape index (κ1) is 11.8. The van der Waals surface area contributed by atoms with E-state index in [0.717, 1.165) is 6.07 Å². The molecule has 7 nitrogen and oxygen atoms in total. The largest absolute Gasteiger partial charge is 0.545 e. The number of nitro groups is 1. The number of hydrogen-bond donors (Lipinski definition) is 0. The molecular formula is C11H6NO6-. The highest BCUT2D eigenvalue weighted by molar-refractivity contribution is 5.94. The number of benzene rings is 1. The van der Waals surface area contributed by atoms with Crippen LogP contribution in [-0.2, 0) is 0 Å². The molecule has 1 aromatic carbocycles. The van der Waals surface area contributed by atoms with Crippen molar-refractivity contribution in [2.24, 2.45) is 0 Å². The fraction of sp³-hybridized carbons (Fsp3) is 0.0909. The number of nitro benzene ring substituents is 1. The van der Waals surface area contributed by atoms with Crippen LogP contribution < -0.4 is 10.7 Å². The van der Waals surface area contributed by atoms with Gasteiger partial charge in [0.25, 0.3) is 5.69 Å². The van der Waals surface area contributed by atoms with Gasteiger partial charge in [0, 0.05) is 11.5 Å². The van der Waals surface area contributed by atoms with Crippen molar-refractivity contribution in [2.45, 2.75) is 6.92 Å². The average Bonchev–Trinajstić information content (AvgIpc) is 2.27. The number of carboxylic acid groups (broad SMARTS) is 1. The Kier molecular flexibility index (Phi) is 2.59. The maximum atomic E-state index is 11.4. The van der Waals surface area contributed by atoms with Crippen molar-refractivity contribution in [3.8, 4) is 0 Å². The Morgan fingerprint density at radius 2 is 2.06 bits per heavy atom. The second kappa shape index (κ2) is 3.95. The number of hydrogen-bond acceptors (Lipinski definition) is 6. The summed E-state index contributed by atoms with van der Waals surface area (Å²) in [5, 5.41) is 21.7. The third-order valence-electron chi connectivity index (χ3n) is 2.57. The molecule has 0 aliphatic heterocycles. The van der Waals surface area contributed by atoms with E-state index in [1.807, 2.05) is 0 Å². The number of carbonyl (C=O) groups excluding carboxylic acids is 1. The minimum atomic E-state index is -1.64. The maximum absolute atomic E-state index is 11.4. The van der Waals surface area contributed by atoms with Crippen LogP contribution in [0.1, 0.15) is 15.9 Å². The number of aromatic carboxylic acids is 1. The van der Waals surface area contributed by atoms with Crippen LogP contribution in [0.15, 0.2) is 27.4 Å². The average molecular weight is 248 g/mol. The number of carbonyl (C=O) groups is 1. The molecule has 1 heterocycles. The molecule has 0 spiro atoms. The lowest BCUT2D eigenvalue weighted by Gasteiger charge is -2.07. The van der Waals surface area contributed by atoms with Gasteiger partial charge in [0.1, 0.15) is 5.58 Å². The zero-order valence-electron chi connectivity index (χ0n) is 9.13. The molecule has 0 bridgehead atoms. The van der Waals surface area contributed by atoms with Crippen LogP contribution in [0, 0.1) is 17.0 Å². The van der Waals surface area contributed by atoms with Crippen LogP contribution in [-0.4, -0.2) is 10.9 Å². The van der Waals surface area contributed by atoms with E-state index in [2.05, 4.69) is 0 Å². The zero-order chi connectivity index (χ0) is 13.4. The highest BCUT2D eigenvalue weighted by Gasteiger charge is 2.15. The second-order valence-electron chi connectivity index (χ2n) is 3.61. The molecule has 18 heavy (non-hydrogen) atoms. The molecule has 0 aliphatic rings. The van der Waals surface area contributed by atoms with E-state index in [4.69, 9.17) is 4.42 Å². The number of non-ortho nitro benzene ring substituents is 1. The summed E-state index contributed by atoms with van der Waals surface area (Å²) in [5.74, 6) is -1.64. The quantitative estimate of drug-likeness (QED) is 0.431. The highest BCUT2D eigenvalue weighted by Crippen LogP contribution is 2.23. The topological polar surface area (TPSA) is 113 Å². The standard InChI is InChI=1S/C11H7NO6/c1-5-7-3-2-6(12(16)17)4-8(7)18-11(15)9(5)10(13)14/h2-4H,1H3,(H,13,14)/p-1. The number of carboxylic acids is 1. The molecule has 92 valence electrons. The van der Waals surface area contributed by atoms with Crippen molar-refractivity contribution in [2.75, 3.05) is 0 Å². The SMILES string of the molecule is Cc1c(C(=O)[O-])c(=O)oc2cc([N+](=O)[O-])ccc12. The summed E-state index contributed by atoms with van der Waals surface area (Å²) in [6, 6.07) is 3.61. The first-order valence-electron chi connectivity index (χ1n) is 4.85. The van der Waals surface area contributed by atoms with E-state index < -0.39 is 22.1 Å². The van der Waals surface area contributed by atoms with E-state index in [-0.39, 0.29) is 16.8 Å². The van der Waals surface area contributed by atoms with Gasteiger partial charge in [-0.1, -0.05) is 0 Å². The molecule has 0 N–H and O–H groups in total. The molecule has 2 rings (SSSR count). The van der Waals surface area contributed by atoms with Gasteiger partial charge in [0.05, 0.1) is 22.5 Å². The fourth-order valence-electron chi connectivity index (χ4n) is 1.69. The molecule has 7 heteroatoms. The van der Waals surface area contributed by atoms with Crippen molar-refractivity contribution >= 4 is 22.6 Å². The van der Waals surface area contributed by atoms with Crippen molar-refractivity contribution < 1.29 is 19.2 Å². The zero-order valence-corrected chi connectivity index (χ0v) is 9.13. The summed E-state index contributed by atoms with van der Waals surface area (Å²) in [7, 11) is 0. The summed E-state index contributed by atoms with van der Waals surface area (Å²) in [6.45, 7) is 1.41. The smallest absolute Gasteiger partial charge is 0.345 e. The molecule has 0 saturated carbocycles. The second-order valence-corrected chi connectivity index (χ2v) is 3.61.